The molecule has 0 unspecified atom stereocenters. The van der Waals surface area contributed by atoms with Gasteiger partial charge in [-0.25, -0.2) is 5.43 Å². The fraction of sp³-hybridized carbons (Fsp3) is 0.143. The molecular weight excluding hydrogens is 564 g/mol. The molecule has 0 aliphatic carbocycles. The summed E-state index contributed by atoms with van der Waals surface area (Å²) in [5.41, 5.74) is 5.71. The Balaban J connectivity index is 1.25. The van der Waals surface area contributed by atoms with Crippen molar-refractivity contribution in [1.82, 2.24) is 5.43 Å². The van der Waals surface area contributed by atoms with Crippen molar-refractivity contribution in [2.45, 2.75) is 20.1 Å². The number of nitrogens with one attached hydrogen (secondary N) is 1. The average molecular weight is 595 g/mol. The van der Waals surface area contributed by atoms with Gasteiger partial charge in [0.2, 0.25) is 0 Å². The van der Waals surface area contributed by atoms with Crippen molar-refractivity contribution in [3.63, 3.8) is 0 Å². The summed E-state index contributed by atoms with van der Waals surface area (Å²) in [6.07, 6.45) is 1.51. The van der Waals surface area contributed by atoms with Crippen LogP contribution in [0.4, 0.5) is 0 Å². The van der Waals surface area contributed by atoms with Crippen LogP contribution in [-0.2, 0) is 13.2 Å². The summed E-state index contributed by atoms with van der Waals surface area (Å²) in [5, 5.41) is 6.33. The highest BCUT2D eigenvalue weighted by atomic mass is 35.5. The van der Waals surface area contributed by atoms with Crippen molar-refractivity contribution < 1.29 is 23.7 Å². The summed E-state index contributed by atoms with van der Waals surface area (Å²) >= 11 is 6.62. The zero-order valence-corrected chi connectivity index (χ0v) is 24.6. The van der Waals surface area contributed by atoms with Gasteiger partial charge in [0.1, 0.15) is 13.2 Å². The van der Waals surface area contributed by atoms with Crippen LogP contribution in [0.3, 0.4) is 0 Å². The third-order valence-electron chi connectivity index (χ3n) is 6.59. The Morgan fingerprint density at radius 2 is 1.56 bits per heavy atom. The number of carbonyl (C=O) groups excluding carboxylic acids is 1. The van der Waals surface area contributed by atoms with Gasteiger partial charge in [-0.1, -0.05) is 84.4 Å². The number of hydrogen-bond donors (Lipinski definition) is 1. The number of methoxy groups -OCH3 is 1. The lowest BCUT2D eigenvalue weighted by atomic mass is 10.0. The molecule has 0 radical (unpaired) electrons. The summed E-state index contributed by atoms with van der Waals surface area (Å²) in [5.74, 6) is 1.80. The second-order valence-electron chi connectivity index (χ2n) is 9.54. The van der Waals surface area contributed by atoms with Gasteiger partial charge < -0.3 is 18.9 Å². The van der Waals surface area contributed by atoms with Crippen molar-refractivity contribution in [3.8, 4) is 23.0 Å². The van der Waals surface area contributed by atoms with Gasteiger partial charge in [0, 0.05) is 5.56 Å². The molecule has 0 saturated carbocycles. The Labute approximate surface area is 255 Å². The van der Waals surface area contributed by atoms with Crippen LogP contribution < -0.4 is 24.4 Å². The minimum absolute atomic E-state index is 0.226. The lowest BCUT2D eigenvalue weighted by Crippen LogP contribution is -2.17. The normalized spacial score (nSPS) is 11.0. The summed E-state index contributed by atoms with van der Waals surface area (Å²) in [4.78, 5) is 12.8. The molecule has 0 fully saturated rings. The number of benzene rings is 5. The second-order valence-corrected chi connectivity index (χ2v) is 9.94. The number of halogens is 1. The number of ether oxygens (including phenoxy) is 4. The molecule has 1 amide bonds. The number of amides is 1. The highest BCUT2D eigenvalue weighted by molar-refractivity contribution is 6.32. The van der Waals surface area contributed by atoms with Crippen molar-refractivity contribution in [1.29, 1.82) is 0 Å². The van der Waals surface area contributed by atoms with E-state index in [2.05, 4.69) is 10.5 Å². The van der Waals surface area contributed by atoms with Crippen LogP contribution in [0.15, 0.2) is 108 Å². The minimum Gasteiger partial charge on any atom is -0.493 e. The van der Waals surface area contributed by atoms with E-state index in [-0.39, 0.29) is 12.5 Å². The van der Waals surface area contributed by atoms with Crippen LogP contribution in [0.1, 0.15) is 34.0 Å². The molecule has 8 heteroatoms. The van der Waals surface area contributed by atoms with Crippen LogP contribution in [0, 0.1) is 0 Å². The predicted molar refractivity (Wildman–Crippen MR) is 170 cm³/mol. The van der Waals surface area contributed by atoms with Crippen molar-refractivity contribution in [2.75, 3.05) is 13.7 Å². The maximum absolute atomic E-state index is 12.8. The standard InChI is InChI=1S/C35H31ClN2O5/c1-3-41-33-20-26(21-37-38-35(39)29-15-9-13-27-12-7-8-14-28(27)29)18-30(36)34(33)43-23-25-16-17-31(32(19-25)40-2)42-22-24-10-5-4-6-11-24/h4-21H,3,22-23H2,1-2H3,(H,38,39)/b37-21+. The number of hydrazone groups is 1. The molecule has 0 aliphatic rings. The number of rotatable bonds is 12. The van der Waals surface area contributed by atoms with Crippen LogP contribution in [0.5, 0.6) is 23.0 Å². The highest BCUT2D eigenvalue weighted by Crippen LogP contribution is 2.37. The summed E-state index contributed by atoms with van der Waals surface area (Å²) in [6, 6.07) is 32.3. The molecule has 0 aliphatic heterocycles. The largest absolute Gasteiger partial charge is 0.493 e. The van der Waals surface area contributed by atoms with Crippen LogP contribution >= 0.6 is 11.6 Å². The average Bonchev–Trinajstić information content (AvgIpc) is 3.04. The Bertz CT molecular complexity index is 1730. The third-order valence-corrected chi connectivity index (χ3v) is 6.87. The molecule has 0 spiro atoms. The number of hydrogen-bond acceptors (Lipinski definition) is 6. The van der Waals surface area contributed by atoms with Crippen molar-refractivity contribution in [2.24, 2.45) is 5.10 Å². The van der Waals surface area contributed by atoms with E-state index in [1.54, 1.807) is 25.3 Å². The van der Waals surface area contributed by atoms with Gasteiger partial charge in [-0.05, 0) is 64.7 Å². The van der Waals surface area contributed by atoms with Crippen LogP contribution in [0.2, 0.25) is 5.02 Å². The van der Waals surface area contributed by atoms with Gasteiger partial charge >= 0.3 is 0 Å². The maximum Gasteiger partial charge on any atom is 0.271 e. The molecule has 0 aromatic heterocycles. The molecule has 1 N–H and O–H groups in total. The van der Waals surface area contributed by atoms with Gasteiger partial charge in [0.25, 0.3) is 5.91 Å². The highest BCUT2D eigenvalue weighted by Gasteiger charge is 2.14. The van der Waals surface area contributed by atoms with Gasteiger partial charge in [-0.2, -0.15) is 5.10 Å². The van der Waals surface area contributed by atoms with E-state index in [0.29, 0.717) is 52.4 Å². The molecule has 0 bridgehead atoms. The first-order valence-corrected chi connectivity index (χ1v) is 14.2. The van der Waals surface area contributed by atoms with E-state index in [4.69, 9.17) is 30.5 Å². The quantitative estimate of drug-likeness (QED) is 0.118. The Morgan fingerprint density at radius 3 is 2.37 bits per heavy atom. The summed E-state index contributed by atoms with van der Waals surface area (Å²) in [6.45, 7) is 2.95. The van der Waals surface area contributed by atoms with Gasteiger partial charge in [0.05, 0.1) is 25.0 Å². The van der Waals surface area contributed by atoms with Gasteiger partial charge in [-0.3, -0.25) is 4.79 Å². The van der Waals surface area contributed by atoms with E-state index < -0.39 is 0 Å². The third kappa shape index (κ3) is 7.45. The molecule has 0 saturated heterocycles. The zero-order valence-electron chi connectivity index (χ0n) is 23.9. The van der Waals surface area contributed by atoms with Crippen molar-refractivity contribution in [3.05, 3.63) is 130 Å². The number of carbonyl (C=O) groups is 1. The first kappa shape index (κ1) is 29.5. The zero-order chi connectivity index (χ0) is 30.0. The topological polar surface area (TPSA) is 78.4 Å². The first-order chi connectivity index (χ1) is 21.1. The van der Waals surface area contributed by atoms with Crippen molar-refractivity contribution >= 4 is 34.5 Å². The van der Waals surface area contributed by atoms with E-state index in [1.807, 2.05) is 91.9 Å². The molecule has 218 valence electrons. The van der Waals surface area contributed by atoms with Crippen LogP contribution in [-0.4, -0.2) is 25.8 Å². The lowest BCUT2D eigenvalue weighted by molar-refractivity contribution is 0.0957. The predicted octanol–water partition coefficient (Wildman–Crippen LogP) is 7.82. The monoisotopic (exact) mass is 594 g/mol. The van der Waals surface area contributed by atoms with Gasteiger partial charge in [0.15, 0.2) is 23.0 Å². The Kier molecular flexibility index (Phi) is 9.77. The molecule has 0 heterocycles. The fourth-order valence-electron chi connectivity index (χ4n) is 4.53. The fourth-order valence-corrected chi connectivity index (χ4v) is 4.80. The number of fused-ring (bicyclic) bond motifs is 1. The van der Waals surface area contributed by atoms with Gasteiger partial charge in [-0.15, -0.1) is 0 Å². The Morgan fingerprint density at radius 1 is 0.791 bits per heavy atom. The lowest BCUT2D eigenvalue weighted by Gasteiger charge is -2.16. The van der Waals surface area contributed by atoms with E-state index in [9.17, 15) is 4.79 Å². The first-order valence-electron chi connectivity index (χ1n) is 13.8. The van der Waals surface area contributed by atoms with E-state index in [1.165, 1.54) is 6.21 Å². The minimum atomic E-state index is -0.309. The summed E-state index contributed by atoms with van der Waals surface area (Å²) < 4.78 is 23.4. The molecule has 5 aromatic carbocycles. The van der Waals surface area contributed by atoms with E-state index >= 15 is 0 Å². The second kappa shape index (κ2) is 14.2. The SMILES string of the molecule is CCOc1cc(/C=N/NC(=O)c2cccc3ccccc23)cc(Cl)c1OCc1ccc(OCc2ccccc2)c(OC)c1. The molecule has 0 atom stereocenters. The molecule has 43 heavy (non-hydrogen) atoms. The van der Waals surface area contributed by atoms with Crippen LogP contribution in [0.25, 0.3) is 10.8 Å². The molecule has 7 nitrogen and oxygen atoms in total. The smallest absolute Gasteiger partial charge is 0.271 e. The maximum atomic E-state index is 12.8. The van der Waals surface area contributed by atoms with E-state index in [0.717, 1.165) is 21.9 Å². The molecule has 5 rings (SSSR count). The number of nitrogens with zero attached hydrogens (tertiary/aromatic N) is 1. The summed E-state index contributed by atoms with van der Waals surface area (Å²) in [7, 11) is 1.60. The molecule has 5 aromatic rings. The Hall–Kier alpha value is -5.01. The molecular formula is C35H31ClN2O5.